The highest BCUT2D eigenvalue weighted by Gasteiger charge is 2.26. The molecule has 2 aromatic heterocycles. The maximum atomic E-state index is 11.7. The number of pyridine rings is 1. The summed E-state index contributed by atoms with van der Waals surface area (Å²) < 4.78 is 1.82. The molecule has 0 saturated carbocycles. The first kappa shape index (κ1) is 14.6. The normalized spacial score (nSPS) is 12.5. The highest BCUT2D eigenvalue weighted by Crippen LogP contribution is 2.32. The molecule has 4 nitrogen and oxygen atoms in total. The van der Waals surface area contributed by atoms with Crippen LogP contribution in [0.1, 0.15) is 25.0 Å². The third-order valence-corrected chi connectivity index (χ3v) is 3.94. The molecule has 2 heterocycles. The average Bonchev–Trinajstić information content (AvgIpc) is 2.87. The van der Waals surface area contributed by atoms with E-state index < -0.39 is 11.9 Å². The molecule has 1 atom stereocenters. The lowest BCUT2D eigenvalue weighted by Gasteiger charge is -2.12. The number of hydrogen-bond acceptors (Lipinski definition) is 2. The summed E-state index contributed by atoms with van der Waals surface area (Å²) in [4.78, 5) is 16.3. The number of aromatic nitrogens is 2. The third-order valence-electron chi connectivity index (χ3n) is 3.71. The van der Waals surface area contributed by atoms with Crippen LogP contribution in [-0.2, 0) is 4.79 Å². The van der Waals surface area contributed by atoms with Crippen molar-refractivity contribution in [2.75, 3.05) is 0 Å². The molecular weight excluding hydrogens is 300 g/mol. The van der Waals surface area contributed by atoms with Gasteiger partial charge in [-0.15, -0.1) is 0 Å². The number of nitrogens with zero attached hydrogens (tertiary/aromatic N) is 2. The number of carboxylic acid groups (broad SMARTS) is 1. The molecule has 0 aliphatic carbocycles. The maximum absolute atomic E-state index is 11.7. The van der Waals surface area contributed by atoms with Crippen LogP contribution in [0.15, 0.2) is 48.7 Å². The van der Waals surface area contributed by atoms with E-state index in [0.717, 1.165) is 5.56 Å². The number of aliphatic carboxylic acids is 1. The molecule has 0 saturated heterocycles. The van der Waals surface area contributed by atoms with Crippen LogP contribution < -0.4 is 0 Å². The number of carboxylic acids is 1. The minimum absolute atomic E-state index is 0.492. The number of fused-ring (bicyclic) bond motifs is 1. The van der Waals surface area contributed by atoms with Crippen LogP contribution in [0.2, 0.25) is 5.02 Å². The van der Waals surface area contributed by atoms with E-state index in [2.05, 4.69) is 4.98 Å². The second-order valence-electron chi connectivity index (χ2n) is 5.08. The minimum Gasteiger partial charge on any atom is -0.481 e. The summed E-state index contributed by atoms with van der Waals surface area (Å²) in [6.07, 6.45) is 2.27. The molecule has 3 rings (SSSR count). The van der Waals surface area contributed by atoms with Crippen LogP contribution in [0.25, 0.3) is 16.9 Å². The number of rotatable bonds is 4. The predicted octanol–water partition coefficient (Wildman–Crippen LogP) is 4.23. The molecule has 0 bridgehead atoms. The molecule has 0 amide bonds. The molecule has 0 radical (unpaired) electrons. The van der Waals surface area contributed by atoms with Crippen molar-refractivity contribution in [3.63, 3.8) is 0 Å². The second-order valence-corrected chi connectivity index (χ2v) is 5.52. The van der Waals surface area contributed by atoms with Gasteiger partial charge in [-0.1, -0.05) is 48.9 Å². The highest BCUT2D eigenvalue weighted by atomic mass is 35.5. The molecule has 5 heteroatoms. The SMILES string of the molecule is CCC(C(=O)O)c1c(-c2ccccc2)nc2cc(Cl)ccn12. The summed E-state index contributed by atoms with van der Waals surface area (Å²) in [6, 6.07) is 13.1. The third kappa shape index (κ3) is 2.46. The van der Waals surface area contributed by atoms with Crippen LogP contribution in [0.4, 0.5) is 0 Å². The van der Waals surface area contributed by atoms with Gasteiger partial charge in [-0.2, -0.15) is 0 Å². The van der Waals surface area contributed by atoms with E-state index in [4.69, 9.17) is 11.6 Å². The van der Waals surface area contributed by atoms with Crippen molar-refractivity contribution >= 4 is 23.2 Å². The standard InChI is InChI=1S/C17H15ClN2O2/c1-2-13(17(21)22)16-15(11-6-4-3-5-7-11)19-14-10-12(18)8-9-20(14)16/h3-10,13H,2H2,1H3,(H,21,22). The van der Waals surface area contributed by atoms with E-state index in [1.54, 1.807) is 18.3 Å². The van der Waals surface area contributed by atoms with Gasteiger partial charge in [-0.05, 0) is 12.5 Å². The van der Waals surface area contributed by atoms with Gasteiger partial charge >= 0.3 is 5.97 Å². The molecule has 22 heavy (non-hydrogen) atoms. The maximum Gasteiger partial charge on any atom is 0.312 e. The highest BCUT2D eigenvalue weighted by molar-refractivity contribution is 6.30. The Kier molecular flexibility index (Phi) is 3.86. The van der Waals surface area contributed by atoms with Crippen LogP contribution in [-0.4, -0.2) is 20.5 Å². The number of halogens is 1. The lowest BCUT2D eigenvalue weighted by atomic mass is 9.97. The van der Waals surface area contributed by atoms with Gasteiger partial charge in [0.15, 0.2) is 0 Å². The molecule has 3 aromatic rings. The topological polar surface area (TPSA) is 54.6 Å². The molecular formula is C17H15ClN2O2. The van der Waals surface area contributed by atoms with Gasteiger partial charge in [-0.3, -0.25) is 4.79 Å². The second kappa shape index (κ2) is 5.81. The fourth-order valence-corrected chi connectivity index (χ4v) is 2.82. The summed E-state index contributed by atoms with van der Waals surface area (Å²) in [6.45, 7) is 1.86. The first-order valence-corrected chi connectivity index (χ1v) is 7.45. The zero-order chi connectivity index (χ0) is 15.7. The fourth-order valence-electron chi connectivity index (χ4n) is 2.67. The number of benzene rings is 1. The lowest BCUT2D eigenvalue weighted by Crippen LogP contribution is -2.13. The number of hydrogen-bond donors (Lipinski definition) is 1. The lowest BCUT2D eigenvalue weighted by molar-refractivity contribution is -0.138. The van der Waals surface area contributed by atoms with Crippen molar-refractivity contribution in [2.45, 2.75) is 19.3 Å². The minimum atomic E-state index is -0.851. The van der Waals surface area contributed by atoms with Gasteiger partial charge < -0.3 is 9.51 Å². The average molecular weight is 315 g/mol. The molecule has 0 spiro atoms. The summed E-state index contributed by atoms with van der Waals surface area (Å²) in [5, 5.41) is 10.1. The van der Waals surface area contributed by atoms with Crippen LogP contribution in [0, 0.1) is 0 Å². The Labute approximate surface area is 133 Å². The van der Waals surface area contributed by atoms with E-state index in [0.29, 0.717) is 28.5 Å². The van der Waals surface area contributed by atoms with Gasteiger partial charge in [0.05, 0.1) is 17.3 Å². The summed E-state index contributed by atoms with van der Waals surface area (Å²) in [5.74, 6) is -1.47. The Hall–Kier alpha value is -2.33. The van der Waals surface area contributed by atoms with Gasteiger partial charge in [0.1, 0.15) is 5.65 Å². The first-order chi connectivity index (χ1) is 10.6. The van der Waals surface area contributed by atoms with Crippen molar-refractivity contribution in [1.82, 2.24) is 9.38 Å². The molecule has 0 fully saturated rings. The van der Waals surface area contributed by atoms with E-state index in [9.17, 15) is 9.90 Å². The largest absolute Gasteiger partial charge is 0.481 e. The van der Waals surface area contributed by atoms with E-state index in [1.165, 1.54) is 0 Å². The first-order valence-electron chi connectivity index (χ1n) is 7.07. The van der Waals surface area contributed by atoms with E-state index in [1.807, 2.05) is 41.7 Å². The zero-order valence-corrected chi connectivity index (χ0v) is 12.8. The van der Waals surface area contributed by atoms with Gasteiger partial charge in [0.25, 0.3) is 0 Å². The number of carbonyl (C=O) groups is 1. The summed E-state index contributed by atoms with van der Waals surface area (Å²) in [5.41, 5.74) is 2.93. The van der Waals surface area contributed by atoms with Crippen LogP contribution in [0.3, 0.4) is 0 Å². The molecule has 0 aliphatic heterocycles. The molecule has 1 aromatic carbocycles. The molecule has 1 N–H and O–H groups in total. The van der Waals surface area contributed by atoms with Gasteiger partial charge in [0, 0.05) is 22.8 Å². The van der Waals surface area contributed by atoms with E-state index >= 15 is 0 Å². The molecule has 112 valence electrons. The number of imidazole rings is 1. The van der Waals surface area contributed by atoms with Crippen molar-refractivity contribution < 1.29 is 9.90 Å². The van der Waals surface area contributed by atoms with Crippen molar-refractivity contribution in [2.24, 2.45) is 0 Å². The summed E-state index contributed by atoms with van der Waals surface area (Å²) >= 11 is 6.03. The monoisotopic (exact) mass is 314 g/mol. The van der Waals surface area contributed by atoms with E-state index in [-0.39, 0.29) is 0 Å². The van der Waals surface area contributed by atoms with Crippen LogP contribution in [0.5, 0.6) is 0 Å². The van der Waals surface area contributed by atoms with Gasteiger partial charge in [-0.25, -0.2) is 4.98 Å². The van der Waals surface area contributed by atoms with Gasteiger partial charge in [0.2, 0.25) is 0 Å². The zero-order valence-electron chi connectivity index (χ0n) is 12.0. The van der Waals surface area contributed by atoms with Crippen LogP contribution >= 0.6 is 11.6 Å². The Morgan fingerprint density at radius 3 is 2.68 bits per heavy atom. The molecule has 1 unspecified atom stereocenters. The fraction of sp³-hybridized carbons (Fsp3) is 0.176. The Balaban J connectivity index is 2.33. The Bertz CT molecular complexity index is 827. The quantitative estimate of drug-likeness (QED) is 0.784. The summed E-state index contributed by atoms with van der Waals surface area (Å²) in [7, 11) is 0. The van der Waals surface area contributed by atoms with Crippen molar-refractivity contribution in [1.29, 1.82) is 0 Å². The van der Waals surface area contributed by atoms with Crippen molar-refractivity contribution in [3.05, 3.63) is 59.4 Å². The smallest absolute Gasteiger partial charge is 0.312 e. The molecule has 0 aliphatic rings. The Morgan fingerprint density at radius 1 is 1.32 bits per heavy atom. The Morgan fingerprint density at radius 2 is 2.05 bits per heavy atom. The predicted molar refractivity (Wildman–Crippen MR) is 86.3 cm³/mol. The van der Waals surface area contributed by atoms with Crippen molar-refractivity contribution in [3.8, 4) is 11.3 Å².